The van der Waals surface area contributed by atoms with Gasteiger partial charge in [0.25, 0.3) is 25.8 Å². The lowest BCUT2D eigenvalue weighted by atomic mass is 9.84. The Morgan fingerprint density at radius 3 is 2.18 bits per heavy atom. The van der Waals surface area contributed by atoms with Gasteiger partial charge >= 0.3 is 13.3 Å². The van der Waals surface area contributed by atoms with Crippen LogP contribution in [0.25, 0.3) is 11.1 Å². The molecule has 0 bridgehead atoms. The number of rotatable bonds is 20. The highest BCUT2D eigenvalue weighted by Gasteiger charge is 2.48. The first-order valence-corrected chi connectivity index (χ1v) is 26.7. The first-order chi connectivity index (χ1) is 31.6. The summed E-state index contributed by atoms with van der Waals surface area (Å²) < 4.78 is 113. The number of aliphatic hydroxyl groups is 1. The Hall–Kier alpha value is -4.18. The predicted octanol–water partition coefficient (Wildman–Crippen LogP) is 8.80. The van der Waals surface area contributed by atoms with Crippen molar-refractivity contribution in [2.45, 2.75) is 51.6 Å². The molecule has 1 fully saturated rings. The van der Waals surface area contributed by atoms with Gasteiger partial charge in [-0.1, -0.05) is 66.2 Å². The number of phosphoric ester groups is 1. The molecule has 1 saturated heterocycles. The number of likely N-dealkylation sites (N-methyl/N-ethyl adjacent to an activating group) is 1. The average molecular weight is 1060 g/mol. The average Bonchev–Trinajstić information content (AvgIpc) is 3.29. The van der Waals surface area contributed by atoms with Crippen molar-refractivity contribution in [2.24, 2.45) is 5.92 Å². The maximum atomic E-state index is 14.2. The number of hydrogen-bond donors (Lipinski definition) is 5. The number of piperidine rings is 1. The molecule has 1 aliphatic rings. The Morgan fingerprint density at radius 2 is 1.54 bits per heavy atom. The second-order valence-electron chi connectivity index (χ2n) is 15.8. The van der Waals surface area contributed by atoms with Crippen LogP contribution in [0.3, 0.4) is 0 Å². The Kier molecular flexibility index (Phi) is 19.0. The van der Waals surface area contributed by atoms with Crippen LogP contribution in [0, 0.1) is 5.92 Å². The van der Waals surface area contributed by atoms with E-state index in [2.05, 4.69) is 14.7 Å². The minimum absolute atomic E-state index is 0. The molecule has 5 aromatic rings. The molecule has 1 amide bonds. The Balaban J connectivity index is 0.00000864. The zero-order valence-corrected chi connectivity index (χ0v) is 41.2. The molecule has 1 aliphatic heterocycles. The summed E-state index contributed by atoms with van der Waals surface area (Å²) in [4.78, 5) is 33.5. The number of aliphatic hydroxyl groups excluding tert-OH is 1. The van der Waals surface area contributed by atoms with Gasteiger partial charge in [-0.2, -0.15) is 13.2 Å². The second-order valence-corrected chi connectivity index (χ2v) is 22.2. The van der Waals surface area contributed by atoms with E-state index >= 15 is 0 Å². The van der Waals surface area contributed by atoms with Gasteiger partial charge in [0.05, 0.1) is 23.3 Å². The monoisotopic (exact) mass is 1060 g/mol. The number of hydrogen-bond acceptors (Lipinski definition) is 12. The number of halogens is 5. The SMILES string of the molecule is CN(CCOP(=O)(O)O)CC[C@@H](CSc1ccccc1)Nc1ccc(S(=O)(=O)NC(=O)c2ccc(N3CCC([C@H](O)c4ccccc4-c4ccc(Cl)cc4)CC3)cc2)cc1S(=O)(=O)C(F)(F)F.Cl. The third kappa shape index (κ3) is 14.7. The highest BCUT2D eigenvalue weighted by atomic mass is 35.5. The molecule has 0 aliphatic carbocycles. The molecule has 1 heterocycles. The van der Waals surface area contributed by atoms with Crippen molar-refractivity contribution in [1.82, 2.24) is 9.62 Å². The van der Waals surface area contributed by atoms with E-state index in [0.29, 0.717) is 37.0 Å². The number of alkyl halides is 3. The van der Waals surface area contributed by atoms with E-state index in [0.717, 1.165) is 39.4 Å². The van der Waals surface area contributed by atoms with Crippen LogP contribution in [0.4, 0.5) is 24.5 Å². The summed E-state index contributed by atoms with van der Waals surface area (Å²) in [5, 5.41) is 15.0. The van der Waals surface area contributed by atoms with Gasteiger partial charge in [-0.05, 0) is 122 Å². The number of benzene rings is 5. The smallest absolute Gasteiger partial charge is 0.388 e. The van der Waals surface area contributed by atoms with Gasteiger partial charge in [0, 0.05) is 52.6 Å². The number of sulfonamides is 1. The Labute approximate surface area is 408 Å². The van der Waals surface area contributed by atoms with Crippen LogP contribution in [-0.2, 0) is 28.9 Å². The van der Waals surface area contributed by atoms with Crippen molar-refractivity contribution in [3.05, 3.63) is 137 Å². The quantitative estimate of drug-likeness (QED) is 0.0366. The van der Waals surface area contributed by atoms with E-state index in [1.165, 1.54) is 23.9 Å². The molecule has 2 atom stereocenters. The zero-order chi connectivity index (χ0) is 48.6. The van der Waals surface area contributed by atoms with E-state index < -0.39 is 66.7 Å². The summed E-state index contributed by atoms with van der Waals surface area (Å²) in [7, 11) is -14.2. The van der Waals surface area contributed by atoms with E-state index in [9.17, 15) is 44.5 Å². The van der Waals surface area contributed by atoms with Crippen LogP contribution < -0.4 is 14.9 Å². The van der Waals surface area contributed by atoms with Crippen LogP contribution in [0.15, 0.2) is 136 Å². The number of nitrogens with one attached hydrogen (secondary N) is 2. The third-order valence-corrected chi connectivity index (χ3v) is 15.9. The maximum absolute atomic E-state index is 14.2. The lowest BCUT2D eigenvalue weighted by molar-refractivity contribution is -0.0436. The van der Waals surface area contributed by atoms with Crippen molar-refractivity contribution in [3.8, 4) is 11.1 Å². The molecular formula is C45H50Cl2F3N4O10PS3. The number of anilines is 2. The van der Waals surface area contributed by atoms with Crippen molar-refractivity contribution < 1.29 is 58.8 Å². The number of carbonyl (C=O) groups excluding carboxylic acids is 1. The van der Waals surface area contributed by atoms with Crippen LogP contribution in [-0.4, -0.2) is 99.7 Å². The molecule has 0 radical (unpaired) electrons. The molecule has 0 unspecified atom stereocenters. The Bertz CT molecular complexity index is 2750. The molecule has 5 aromatic carbocycles. The van der Waals surface area contributed by atoms with Crippen LogP contribution >= 0.6 is 43.6 Å². The standard InChI is InChI=1S/C45H49ClF3N4O10PS3.ClH/c1-52(27-28-63-64(56,57)58)24-23-35(30-65-37-7-3-2-4-8-37)50-41-20-19-38(29-42(41)66(59,60)45(47,48)49)67(61,62)51-44(55)33-13-17-36(18-14-33)53-25-21-32(22-26-53)43(54)40-10-6-5-9-39(40)31-11-15-34(46)16-12-31;/h2-20,29,32,35,43,50,54H,21-28,30H2,1H3,(H,51,55)(H2,56,57,58);1H/t35-,43-;/m0./s1. The minimum Gasteiger partial charge on any atom is -0.388 e. The summed E-state index contributed by atoms with van der Waals surface area (Å²) in [5.74, 6) is -0.941. The van der Waals surface area contributed by atoms with E-state index in [4.69, 9.17) is 21.4 Å². The molecule has 0 saturated carbocycles. The van der Waals surface area contributed by atoms with Gasteiger partial charge < -0.3 is 30.0 Å². The fraction of sp³-hybridized carbons (Fsp3) is 0.311. The second kappa shape index (κ2) is 23.6. The number of thioether (sulfide) groups is 1. The molecule has 68 heavy (non-hydrogen) atoms. The first-order valence-electron chi connectivity index (χ1n) is 20.8. The molecule has 368 valence electrons. The van der Waals surface area contributed by atoms with E-state index in [1.807, 2.05) is 41.1 Å². The van der Waals surface area contributed by atoms with E-state index in [-0.39, 0.29) is 55.8 Å². The van der Waals surface area contributed by atoms with Gasteiger partial charge in [0.15, 0.2) is 0 Å². The normalized spacial score (nSPS) is 14.8. The number of nitrogens with zero attached hydrogens (tertiary/aromatic N) is 2. The molecule has 6 rings (SSSR count). The highest BCUT2D eigenvalue weighted by Crippen LogP contribution is 2.39. The molecular weight excluding hydrogens is 1010 g/mol. The van der Waals surface area contributed by atoms with Crippen molar-refractivity contribution in [3.63, 3.8) is 0 Å². The van der Waals surface area contributed by atoms with Gasteiger partial charge in [0.1, 0.15) is 4.90 Å². The first kappa shape index (κ1) is 54.8. The number of amides is 1. The molecule has 14 nitrogen and oxygen atoms in total. The van der Waals surface area contributed by atoms with E-state index in [1.54, 1.807) is 66.5 Å². The lowest BCUT2D eigenvalue weighted by Crippen LogP contribution is -2.36. The summed E-state index contributed by atoms with van der Waals surface area (Å²) in [6.07, 6.45) is 0.773. The molecule has 5 N–H and O–H groups in total. The van der Waals surface area contributed by atoms with Crippen LogP contribution in [0.5, 0.6) is 0 Å². The van der Waals surface area contributed by atoms with Gasteiger partial charge in [-0.3, -0.25) is 9.32 Å². The van der Waals surface area contributed by atoms with Crippen LogP contribution in [0.2, 0.25) is 5.02 Å². The zero-order valence-electron chi connectivity index (χ0n) is 36.3. The molecule has 23 heteroatoms. The van der Waals surface area contributed by atoms with Crippen molar-refractivity contribution in [2.75, 3.05) is 55.8 Å². The lowest BCUT2D eigenvalue weighted by Gasteiger charge is -2.36. The fourth-order valence-electron chi connectivity index (χ4n) is 7.51. The topological polar surface area (TPSA) is 203 Å². The maximum Gasteiger partial charge on any atom is 0.501 e. The number of sulfone groups is 1. The van der Waals surface area contributed by atoms with Crippen LogP contribution in [0.1, 0.15) is 41.3 Å². The van der Waals surface area contributed by atoms with Crippen molar-refractivity contribution >= 4 is 80.7 Å². The summed E-state index contributed by atoms with van der Waals surface area (Å²) in [6, 6.07) is 31.5. The number of phosphoric acid groups is 1. The van der Waals surface area contributed by atoms with Gasteiger partial charge in [-0.25, -0.2) is 26.1 Å². The predicted molar refractivity (Wildman–Crippen MR) is 259 cm³/mol. The highest BCUT2D eigenvalue weighted by molar-refractivity contribution is 7.99. The molecule has 0 aromatic heterocycles. The summed E-state index contributed by atoms with van der Waals surface area (Å²) >= 11 is 7.41. The number of carbonyl (C=O) groups is 1. The van der Waals surface area contributed by atoms with Crippen molar-refractivity contribution in [1.29, 1.82) is 0 Å². The third-order valence-electron chi connectivity index (χ3n) is 11.1. The summed E-state index contributed by atoms with van der Waals surface area (Å²) in [6.45, 7) is 1.15. The molecule has 0 spiro atoms. The van der Waals surface area contributed by atoms with Gasteiger partial charge in [0.2, 0.25) is 0 Å². The fourth-order valence-corrected chi connectivity index (χ4v) is 11.0. The minimum atomic E-state index is -6.16. The van der Waals surface area contributed by atoms with Gasteiger partial charge in [-0.15, -0.1) is 24.2 Å². The largest absolute Gasteiger partial charge is 0.501 e. The summed E-state index contributed by atoms with van der Waals surface area (Å²) in [5.41, 5.74) is -3.06. The Morgan fingerprint density at radius 1 is 0.912 bits per heavy atom.